The summed E-state index contributed by atoms with van der Waals surface area (Å²) >= 11 is 0. The minimum absolute atomic E-state index is 0.0581. The third-order valence-corrected chi connectivity index (χ3v) is 6.29. The Morgan fingerprint density at radius 1 is 1.15 bits per heavy atom. The number of amides is 1. The van der Waals surface area contributed by atoms with Crippen molar-refractivity contribution < 1.29 is 23.5 Å². The number of carbonyl (C=O) groups excluding carboxylic acids is 2. The number of esters is 1. The molecule has 3 rings (SSSR count). The van der Waals surface area contributed by atoms with Crippen LogP contribution in [0.25, 0.3) is 0 Å². The summed E-state index contributed by atoms with van der Waals surface area (Å²) in [4.78, 5) is 28.4. The van der Waals surface area contributed by atoms with E-state index in [1.807, 2.05) is 9.80 Å². The first kappa shape index (κ1) is 25.0. The number of piperazine rings is 1. The van der Waals surface area contributed by atoms with Crippen molar-refractivity contribution in [1.29, 1.82) is 5.41 Å². The Balaban J connectivity index is 1.50. The Hall–Kier alpha value is -2.68. The predicted octanol–water partition coefficient (Wildman–Crippen LogP) is 2.83. The molecule has 1 heterocycles. The van der Waals surface area contributed by atoms with Gasteiger partial charge in [0, 0.05) is 44.3 Å². The molecule has 1 aromatic rings. The summed E-state index contributed by atoms with van der Waals surface area (Å²) < 4.78 is 25.9. The van der Waals surface area contributed by atoms with Gasteiger partial charge in [-0.05, 0) is 38.2 Å². The number of halogens is 1. The van der Waals surface area contributed by atoms with Gasteiger partial charge in [-0.1, -0.05) is 19.1 Å². The van der Waals surface area contributed by atoms with Gasteiger partial charge in [0.15, 0.2) is 5.82 Å². The van der Waals surface area contributed by atoms with Gasteiger partial charge in [0.05, 0.1) is 11.8 Å². The van der Waals surface area contributed by atoms with E-state index in [1.165, 1.54) is 0 Å². The maximum atomic E-state index is 15.0. The molecule has 33 heavy (non-hydrogen) atoms. The van der Waals surface area contributed by atoms with Gasteiger partial charge in [0.2, 0.25) is 5.91 Å². The number of ether oxygens (including phenoxy) is 2. The average molecular weight is 463 g/mol. The Morgan fingerprint density at radius 3 is 2.48 bits per heavy atom. The second kappa shape index (κ2) is 12.0. The summed E-state index contributed by atoms with van der Waals surface area (Å²) in [7, 11) is 0. The predicted molar refractivity (Wildman–Crippen MR) is 124 cm³/mol. The van der Waals surface area contributed by atoms with E-state index in [9.17, 15) is 9.59 Å². The van der Waals surface area contributed by atoms with Gasteiger partial charge in [-0.3, -0.25) is 15.0 Å². The van der Waals surface area contributed by atoms with Crippen molar-refractivity contribution in [3.63, 3.8) is 0 Å². The largest absolute Gasteiger partial charge is 0.460 e. The number of carbonyl (C=O) groups is 2. The summed E-state index contributed by atoms with van der Waals surface area (Å²) in [5.41, 5.74) is 5.89. The van der Waals surface area contributed by atoms with Crippen molar-refractivity contribution in [2.45, 2.75) is 58.2 Å². The number of nitrogens with two attached hydrogens (primary N) is 1. The van der Waals surface area contributed by atoms with E-state index in [2.05, 4.69) is 6.92 Å². The molecular weight excluding hydrogens is 427 g/mol. The molecule has 1 aliphatic heterocycles. The molecule has 1 aliphatic carbocycles. The summed E-state index contributed by atoms with van der Waals surface area (Å²) in [5, 5.41) is 7.13. The van der Waals surface area contributed by atoms with E-state index in [1.54, 1.807) is 18.2 Å². The molecule has 2 fully saturated rings. The highest BCUT2D eigenvalue weighted by Crippen LogP contribution is 2.29. The zero-order valence-corrected chi connectivity index (χ0v) is 19.4. The van der Waals surface area contributed by atoms with Crippen molar-refractivity contribution in [1.82, 2.24) is 4.90 Å². The molecule has 0 spiro atoms. The lowest BCUT2D eigenvalue weighted by atomic mass is 9.86. The molecule has 0 bridgehead atoms. The summed E-state index contributed by atoms with van der Waals surface area (Å²) in [6.45, 7) is 4.88. The Bertz CT molecular complexity index is 834. The van der Waals surface area contributed by atoms with E-state index >= 15 is 4.39 Å². The molecule has 0 atom stereocenters. The van der Waals surface area contributed by atoms with Gasteiger partial charge in [0.25, 0.3) is 0 Å². The molecule has 1 aromatic carbocycles. The topological polar surface area (TPSA) is 109 Å². The minimum atomic E-state index is -0.662. The maximum absolute atomic E-state index is 15.0. The van der Waals surface area contributed by atoms with Crippen LogP contribution in [-0.4, -0.2) is 61.5 Å². The van der Waals surface area contributed by atoms with Crippen LogP contribution in [0.4, 0.5) is 10.1 Å². The van der Waals surface area contributed by atoms with Gasteiger partial charge in [-0.2, -0.15) is 0 Å². The average Bonchev–Trinajstić information content (AvgIpc) is 2.82. The molecule has 182 valence electrons. The molecular formula is C24H35FN4O4. The highest BCUT2D eigenvalue weighted by atomic mass is 19.1. The van der Waals surface area contributed by atoms with E-state index < -0.39 is 11.8 Å². The number of hydrogen-bond donors (Lipinski definition) is 2. The first-order valence-electron chi connectivity index (χ1n) is 11.8. The van der Waals surface area contributed by atoms with Gasteiger partial charge in [-0.15, -0.1) is 0 Å². The van der Waals surface area contributed by atoms with Crippen molar-refractivity contribution in [2.24, 2.45) is 11.7 Å². The van der Waals surface area contributed by atoms with Crippen LogP contribution in [0.3, 0.4) is 0 Å². The molecule has 0 radical (unpaired) electrons. The monoisotopic (exact) mass is 462 g/mol. The van der Waals surface area contributed by atoms with Crippen molar-refractivity contribution >= 4 is 23.4 Å². The molecule has 1 saturated carbocycles. The lowest BCUT2D eigenvalue weighted by Gasteiger charge is -2.39. The first-order valence-corrected chi connectivity index (χ1v) is 11.8. The number of rotatable bonds is 9. The summed E-state index contributed by atoms with van der Waals surface area (Å²) in [6, 6.07) is 4.99. The highest BCUT2D eigenvalue weighted by Gasteiger charge is 2.31. The van der Waals surface area contributed by atoms with Crippen molar-refractivity contribution in [3.05, 3.63) is 29.6 Å². The fourth-order valence-electron chi connectivity index (χ4n) is 4.47. The third kappa shape index (κ3) is 6.90. The maximum Gasteiger partial charge on any atom is 0.313 e. The number of nitrogens with zero attached hydrogens (tertiary/aromatic N) is 2. The molecule has 1 amide bonds. The van der Waals surface area contributed by atoms with Crippen LogP contribution >= 0.6 is 0 Å². The molecule has 9 heteroatoms. The Labute approximate surface area is 194 Å². The number of benzene rings is 1. The van der Waals surface area contributed by atoms with Gasteiger partial charge in [0.1, 0.15) is 18.9 Å². The molecule has 2 aliphatic rings. The smallest absolute Gasteiger partial charge is 0.313 e. The van der Waals surface area contributed by atoms with Crippen molar-refractivity contribution in [3.8, 4) is 0 Å². The first-order chi connectivity index (χ1) is 15.9. The SMILES string of the molecule is CCCOC1CCC(C(=O)N2CCN(c3cccc(COC(=O)CC(=N)N)c3F)CC2)CC1. The zero-order valence-electron chi connectivity index (χ0n) is 19.4. The summed E-state index contributed by atoms with van der Waals surface area (Å²) in [6.07, 6.45) is 4.58. The number of anilines is 1. The zero-order chi connectivity index (χ0) is 23.8. The van der Waals surface area contributed by atoms with Crippen LogP contribution < -0.4 is 10.6 Å². The fourth-order valence-corrected chi connectivity index (χ4v) is 4.47. The van der Waals surface area contributed by atoms with Crippen LogP contribution in [0, 0.1) is 17.1 Å². The van der Waals surface area contributed by atoms with E-state index in [-0.39, 0.29) is 42.4 Å². The van der Waals surface area contributed by atoms with Gasteiger partial charge >= 0.3 is 5.97 Å². The highest BCUT2D eigenvalue weighted by molar-refractivity contribution is 5.94. The fraction of sp³-hybridized carbons (Fsp3) is 0.625. The van der Waals surface area contributed by atoms with Gasteiger partial charge < -0.3 is 25.0 Å². The Kier molecular flexibility index (Phi) is 9.05. The van der Waals surface area contributed by atoms with Crippen LogP contribution in [0.15, 0.2) is 18.2 Å². The number of nitrogens with one attached hydrogen (secondary N) is 1. The molecule has 0 unspecified atom stereocenters. The quantitative estimate of drug-likeness (QED) is 0.332. The second-order valence-corrected chi connectivity index (χ2v) is 8.77. The summed E-state index contributed by atoms with van der Waals surface area (Å²) in [5.74, 6) is -1.12. The molecule has 1 saturated heterocycles. The number of amidine groups is 1. The third-order valence-electron chi connectivity index (χ3n) is 6.29. The standard InChI is InChI=1S/C24H35FN4O4/c1-2-14-32-19-8-6-17(7-9-19)24(31)29-12-10-28(11-13-29)20-5-3-4-18(23(20)25)16-33-22(30)15-21(26)27/h3-5,17,19H,2,6-16H2,1H3,(H3,26,27). The van der Waals surface area contributed by atoms with E-state index in [4.69, 9.17) is 20.6 Å². The normalized spacial score (nSPS) is 21.0. The molecule has 3 N–H and O–H groups in total. The van der Waals surface area contributed by atoms with Crippen molar-refractivity contribution in [2.75, 3.05) is 37.7 Å². The lowest BCUT2D eigenvalue weighted by molar-refractivity contribution is -0.143. The van der Waals surface area contributed by atoms with E-state index in [0.29, 0.717) is 31.9 Å². The second-order valence-electron chi connectivity index (χ2n) is 8.77. The number of hydrogen-bond acceptors (Lipinski definition) is 6. The van der Waals surface area contributed by atoms with Gasteiger partial charge in [-0.25, -0.2) is 4.39 Å². The molecule has 0 aromatic heterocycles. The Morgan fingerprint density at radius 2 is 1.85 bits per heavy atom. The lowest BCUT2D eigenvalue weighted by Crippen LogP contribution is -2.51. The van der Waals surface area contributed by atoms with Crippen LogP contribution in [0.5, 0.6) is 0 Å². The van der Waals surface area contributed by atoms with Crippen LogP contribution in [0.1, 0.15) is 51.0 Å². The van der Waals surface area contributed by atoms with Crippen LogP contribution in [0.2, 0.25) is 0 Å². The van der Waals surface area contributed by atoms with E-state index in [0.717, 1.165) is 38.7 Å². The molecule has 8 nitrogen and oxygen atoms in total. The van der Waals surface area contributed by atoms with Crippen LogP contribution in [-0.2, 0) is 25.7 Å². The minimum Gasteiger partial charge on any atom is -0.460 e.